The molecule has 2 rings (SSSR count). The van der Waals surface area contributed by atoms with Gasteiger partial charge in [0.2, 0.25) is 0 Å². The highest BCUT2D eigenvalue weighted by atomic mass is 35.5. The fourth-order valence-electron chi connectivity index (χ4n) is 1.88. The first kappa shape index (κ1) is 14.9. The van der Waals surface area contributed by atoms with Crippen molar-refractivity contribution in [2.24, 2.45) is 0 Å². The number of nitrogens with zero attached hydrogens (tertiary/aromatic N) is 1. The molecule has 3 N–H and O–H groups in total. The van der Waals surface area contributed by atoms with Gasteiger partial charge >= 0.3 is 0 Å². The Balaban J connectivity index is 0.00000144. The maximum Gasteiger partial charge on any atom is 0.0653 e. The van der Waals surface area contributed by atoms with Crippen LogP contribution < -0.4 is 11.1 Å². The SMILES string of the molecule is Cl.Nc1c(Cl)cc(Cl)cc1CN1CCNCC1. The van der Waals surface area contributed by atoms with Gasteiger partial charge in [0.1, 0.15) is 0 Å². The van der Waals surface area contributed by atoms with E-state index < -0.39 is 0 Å². The Labute approximate surface area is 118 Å². The van der Waals surface area contributed by atoms with E-state index in [0.717, 1.165) is 38.3 Å². The monoisotopic (exact) mass is 295 g/mol. The zero-order chi connectivity index (χ0) is 11.5. The molecule has 0 unspecified atom stereocenters. The van der Waals surface area contributed by atoms with Crippen molar-refractivity contribution >= 4 is 41.3 Å². The van der Waals surface area contributed by atoms with E-state index in [-0.39, 0.29) is 12.4 Å². The van der Waals surface area contributed by atoms with Crippen LogP contribution in [0.15, 0.2) is 12.1 Å². The Hall–Kier alpha value is -0.190. The molecule has 1 heterocycles. The summed E-state index contributed by atoms with van der Waals surface area (Å²) in [6.45, 7) is 4.92. The molecule has 1 aliphatic heterocycles. The van der Waals surface area contributed by atoms with Crippen molar-refractivity contribution in [3.8, 4) is 0 Å². The number of hydrogen-bond acceptors (Lipinski definition) is 3. The van der Waals surface area contributed by atoms with Gasteiger partial charge in [-0.3, -0.25) is 4.90 Å². The molecule has 0 atom stereocenters. The molecule has 96 valence electrons. The molecule has 0 radical (unpaired) electrons. The number of rotatable bonds is 2. The van der Waals surface area contributed by atoms with E-state index in [1.807, 2.05) is 6.07 Å². The largest absolute Gasteiger partial charge is 0.397 e. The summed E-state index contributed by atoms with van der Waals surface area (Å²) in [5.41, 5.74) is 7.59. The molecule has 0 spiro atoms. The lowest BCUT2D eigenvalue weighted by atomic mass is 10.1. The topological polar surface area (TPSA) is 41.3 Å². The molecular formula is C11H16Cl3N3. The fraction of sp³-hybridized carbons (Fsp3) is 0.455. The van der Waals surface area contributed by atoms with Crippen LogP contribution in [-0.2, 0) is 6.54 Å². The van der Waals surface area contributed by atoms with E-state index >= 15 is 0 Å². The molecule has 6 heteroatoms. The summed E-state index contributed by atoms with van der Waals surface area (Å²) in [5, 5.41) is 4.50. The molecule has 0 amide bonds. The molecule has 0 saturated carbocycles. The fourth-order valence-corrected chi connectivity index (χ4v) is 2.41. The summed E-state index contributed by atoms with van der Waals surface area (Å²) >= 11 is 12.0. The third-order valence-electron chi connectivity index (χ3n) is 2.78. The van der Waals surface area contributed by atoms with E-state index in [4.69, 9.17) is 28.9 Å². The van der Waals surface area contributed by atoms with Gasteiger partial charge in [0, 0.05) is 37.7 Å². The standard InChI is InChI=1S/C11H15Cl2N3.ClH/c12-9-5-8(11(14)10(13)6-9)7-16-3-1-15-2-4-16;/h5-6,15H,1-4,7,14H2;1H. The Kier molecular flexibility index (Phi) is 5.83. The second-order valence-electron chi connectivity index (χ2n) is 3.99. The molecule has 17 heavy (non-hydrogen) atoms. The summed E-state index contributed by atoms with van der Waals surface area (Å²) in [5.74, 6) is 0. The van der Waals surface area contributed by atoms with Gasteiger partial charge in [0.25, 0.3) is 0 Å². The highest BCUT2D eigenvalue weighted by Crippen LogP contribution is 2.28. The van der Waals surface area contributed by atoms with Gasteiger partial charge < -0.3 is 11.1 Å². The molecule has 1 aliphatic rings. The zero-order valence-electron chi connectivity index (χ0n) is 9.38. The summed E-state index contributed by atoms with van der Waals surface area (Å²) in [6.07, 6.45) is 0. The summed E-state index contributed by atoms with van der Waals surface area (Å²) < 4.78 is 0. The molecule has 1 saturated heterocycles. The highest BCUT2D eigenvalue weighted by molar-refractivity contribution is 6.36. The number of piperazine rings is 1. The summed E-state index contributed by atoms with van der Waals surface area (Å²) in [7, 11) is 0. The van der Waals surface area contributed by atoms with Gasteiger partial charge in [-0.2, -0.15) is 0 Å². The smallest absolute Gasteiger partial charge is 0.0653 e. The van der Waals surface area contributed by atoms with Gasteiger partial charge in [0.15, 0.2) is 0 Å². The Morgan fingerprint density at radius 2 is 1.88 bits per heavy atom. The van der Waals surface area contributed by atoms with Crippen LogP contribution in [0.1, 0.15) is 5.56 Å². The summed E-state index contributed by atoms with van der Waals surface area (Å²) in [6, 6.07) is 3.57. The lowest BCUT2D eigenvalue weighted by molar-refractivity contribution is 0.233. The van der Waals surface area contributed by atoms with Crippen molar-refractivity contribution in [3.05, 3.63) is 27.7 Å². The van der Waals surface area contributed by atoms with Crippen molar-refractivity contribution in [3.63, 3.8) is 0 Å². The van der Waals surface area contributed by atoms with Crippen molar-refractivity contribution in [1.82, 2.24) is 10.2 Å². The van der Waals surface area contributed by atoms with Crippen molar-refractivity contribution in [2.45, 2.75) is 6.54 Å². The van der Waals surface area contributed by atoms with Crippen LogP contribution in [0.5, 0.6) is 0 Å². The van der Waals surface area contributed by atoms with Gasteiger partial charge in [-0.1, -0.05) is 23.2 Å². The Bertz CT molecular complexity index is 378. The average molecular weight is 297 g/mol. The molecular weight excluding hydrogens is 281 g/mol. The predicted octanol–water partition coefficient (Wildman–Crippen LogP) is 2.40. The maximum absolute atomic E-state index is 6.00. The van der Waals surface area contributed by atoms with Crippen molar-refractivity contribution in [1.29, 1.82) is 0 Å². The van der Waals surface area contributed by atoms with Gasteiger partial charge in [-0.25, -0.2) is 0 Å². The second-order valence-corrected chi connectivity index (χ2v) is 4.83. The number of halogens is 3. The van der Waals surface area contributed by atoms with Crippen molar-refractivity contribution in [2.75, 3.05) is 31.9 Å². The number of hydrogen-bond donors (Lipinski definition) is 2. The maximum atomic E-state index is 6.00. The lowest BCUT2D eigenvalue weighted by Gasteiger charge is -2.27. The second kappa shape index (κ2) is 6.66. The number of anilines is 1. The molecule has 1 fully saturated rings. The van der Waals surface area contributed by atoms with Crippen molar-refractivity contribution < 1.29 is 0 Å². The quantitative estimate of drug-likeness (QED) is 0.824. The first-order chi connectivity index (χ1) is 7.66. The minimum Gasteiger partial charge on any atom is -0.397 e. The molecule has 0 aliphatic carbocycles. The van der Waals surface area contributed by atoms with Gasteiger partial charge in [-0.15, -0.1) is 12.4 Å². The van der Waals surface area contributed by atoms with Gasteiger partial charge in [0.05, 0.1) is 10.7 Å². The van der Waals surface area contributed by atoms with E-state index in [1.54, 1.807) is 6.07 Å². The average Bonchev–Trinajstić information content (AvgIpc) is 2.27. The molecule has 0 bridgehead atoms. The van der Waals surface area contributed by atoms with Crippen LogP contribution in [0.3, 0.4) is 0 Å². The Morgan fingerprint density at radius 3 is 2.53 bits per heavy atom. The van der Waals surface area contributed by atoms with Gasteiger partial charge in [-0.05, 0) is 17.7 Å². The van der Waals surface area contributed by atoms with Crippen LogP contribution >= 0.6 is 35.6 Å². The number of nitrogen functional groups attached to an aromatic ring is 1. The van der Waals surface area contributed by atoms with E-state index in [1.165, 1.54) is 0 Å². The van der Waals surface area contributed by atoms with Crippen LogP contribution in [0, 0.1) is 0 Å². The van der Waals surface area contributed by atoms with Crippen LogP contribution in [0.25, 0.3) is 0 Å². The van der Waals surface area contributed by atoms with Crippen LogP contribution in [0.4, 0.5) is 5.69 Å². The number of nitrogens with one attached hydrogen (secondary N) is 1. The minimum atomic E-state index is 0. The minimum absolute atomic E-state index is 0. The highest BCUT2D eigenvalue weighted by Gasteiger charge is 2.13. The number of benzene rings is 1. The molecule has 0 aromatic heterocycles. The van der Waals surface area contributed by atoms with Crippen LogP contribution in [0.2, 0.25) is 10.0 Å². The number of nitrogens with two attached hydrogens (primary N) is 1. The third-order valence-corrected chi connectivity index (χ3v) is 3.31. The zero-order valence-corrected chi connectivity index (χ0v) is 11.7. The van der Waals surface area contributed by atoms with Crippen LogP contribution in [-0.4, -0.2) is 31.1 Å². The first-order valence-corrected chi connectivity index (χ1v) is 6.09. The van der Waals surface area contributed by atoms with E-state index in [2.05, 4.69) is 10.2 Å². The van der Waals surface area contributed by atoms with E-state index in [0.29, 0.717) is 15.7 Å². The molecule has 1 aromatic carbocycles. The summed E-state index contributed by atoms with van der Waals surface area (Å²) in [4.78, 5) is 2.34. The molecule has 1 aromatic rings. The van der Waals surface area contributed by atoms with E-state index in [9.17, 15) is 0 Å². The third kappa shape index (κ3) is 3.90. The Morgan fingerprint density at radius 1 is 1.24 bits per heavy atom. The molecule has 3 nitrogen and oxygen atoms in total. The first-order valence-electron chi connectivity index (χ1n) is 5.33. The normalized spacial score (nSPS) is 16.6. The predicted molar refractivity (Wildman–Crippen MR) is 76.3 cm³/mol. The lowest BCUT2D eigenvalue weighted by Crippen LogP contribution is -2.43.